The van der Waals surface area contributed by atoms with Crippen LogP contribution in [-0.4, -0.2) is 19.5 Å². The average Bonchev–Trinajstić information content (AvgIpc) is 2.79. The van der Waals surface area contributed by atoms with Gasteiger partial charge in [0.25, 0.3) is 5.56 Å². The largest absolute Gasteiger partial charge is 0.369 e. The Labute approximate surface area is 94.5 Å². The van der Waals surface area contributed by atoms with Crippen LogP contribution in [0.5, 0.6) is 0 Å². The van der Waals surface area contributed by atoms with Crippen LogP contribution < -0.4 is 11.3 Å². The highest BCUT2D eigenvalue weighted by molar-refractivity contribution is 5.69. The summed E-state index contributed by atoms with van der Waals surface area (Å²) in [6, 6.07) is 0. The third-order valence-electron chi connectivity index (χ3n) is 1.70. The number of nitrogen functional groups attached to an aromatic ring is 1. The molecule has 16 heavy (non-hydrogen) atoms. The molecule has 3 N–H and O–H groups in total. The summed E-state index contributed by atoms with van der Waals surface area (Å²) in [6.45, 7) is 8.00. The Morgan fingerprint density at radius 2 is 1.88 bits per heavy atom. The van der Waals surface area contributed by atoms with Crippen LogP contribution in [0.1, 0.15) is 27.7 Å². The van der Waals surface area contributed by atoms with E-state index in [-0.39, 0.29) is 11.5 Å². The van der Waals surface area contributed by atoms with Crippen LogP contribution in [0.25, 0.3) is 11.2 Å². The molecule has 90 valence electrons. The maximum absolute atomic E-state index is 11.4. The Kier molecular flexibility index (Phi) is 5.84. The monoisotopic (exact) mass is 225 g/mol. The summed E-state index contributed by atoms with van der Waals surface area (Å²) in [5, 5.41) is 0. The van der Waals surface area contributed by atoms with Crippen LogP contribution in [0.3, 0.4) is 0 Å². The van der Waals surface area contributed by atoms with E-state index in [1.54, 1.807) is 7.05 Å². The van der Waals surface area contributed by atoms with E-state index in [0.717, 1.165) is 0 Å². The summed E-state index contributed by atoms with van der Waals surface area (Å²) in [4.78, 5) is 21.8. The van der Waals surface area contributed by atoms with Gasteiger partial charge in [0.05, 0.1) is 6.33 Å². The van der Waals surface area contributed by atoms with Gasteiger partial charge >= 0.3 is 0 Å². The first kappa shape index (κ1) is 14.2. The molecular formula is C10H19N5O. The predicted molar refractivity (Wildman–Crippen MR) is 66.2 cm³/mol. The van der Waals surface area contributed by atoms with Gasteiger partial charge in [-0.05, 0) is 0 Å². The summed E-state index contributed by atoms with van der Waals surface area (Å²) >= 11 is 0. The summed E-state index contributed by atoms with van der Waals surface area (Å²) < 4.78 is 1.26. The van der Waals surface area contributed by atoms with Crippen molar-refractivity contribution in [1.82, 2.24) is 19.5 Å². The van der Waals surface area contributed by atoms with Crippen molar-refractivity contribution in [2.75, 3.05) is 5.73 Å². The lowest BCUT2D eigenvalue weighted by atomic mass is 10.5. The number of nitrogens with zero attached hydrogens (tertiary/aromatic N) is 3. The van der Waals surface area contributed by atoms with Gasteiger partial charge in [0, 0.05) is 7.05 Å². The normalized spacial score (nSPS) is 8.81. The number of imidazole rings is 1. The lowest BCUT2D eigenvalue weighted by molar-refractivity contribution is 0.858. The molecular weight excluding hydrogens is 206 g/mol. The lowest BCUT2D eigenvalue weighted by Gasteiger charge is -1.99. The van der Waals surface area contributed by atoms with Crippen molar-refractivity contribution < 1.29 is 0 Å². The number of anilines is 1. The van der Waals surface area contributed by atoms with Crippen LogP contribution >= 0.6 is 0 Å². The number of aromatic amines is 1. The SMILES string of the molecule is CC.CC.Cn1c(N)nc2nc[nH]c2c1=O. The number of aromatic nitrogens is 4. The van der Waals surface area contributed by atoms with E-state index in [1.165, 1.54) is 10.9 Å². The molecule has 0 aliphatic carbocycles. The van der Waals surface area contributed by atoms with Gasteiger partial charge in [-0.1, -0.05) is 27.7 Å². The smallest absolute Gasteiger partial charge is 0.280 e. The summed E-state index contributed by atoms with van der Waals surface area (Å²) in [7, 11) is 1.56. The van der Waals surface area contributed by atoms with Crippen molar-refractivity contribution in [3.63, 3.8) is 0 Å². The van der Waals surface area contributed by atoms with Gasteiger partial charge < -0.3 is 10.7 Å². The number of rotatable bonds is 0. The summed E-state index contributed by atoms with van der Waals surface area (Å²) in [5.41, 5.74) is 5.97. The molecule has 0 saturated carbocycles. The highest BCUT2D eigenvalue weighted by atomic mass is 16.1. The van der Waals surface area contributed by atoms with E-state index in [4.69, 9.17) is 5.73 Å². The molecule has 2 heterocycles. The quantitative estimate of drug-likeness (QED) is 0.707. The second-order valence-corrected chi connectivity index (χ2v) is 2.44. The van der Waals surface area contributed by atoms with E-state index >= 15 is 0 Å². The van der Waals surface area contributed by atoms with E-state index < -0.39 is 0 Å². The molecule has 2 rings (SSSR count). The molecule has 0 aliphatic rings. The Balaban J connectivity index is 0.000000509. The summed E-state index contributed by atoms with van der Waals surface area (Å²) in [5.74, 6) is 0.166. The van der Waals surface area contributed by atoms with Gasteiger partial charge in [-0.25, -0.2) is 4.98 Å². The second-order valence-electron chi connectivity index (χ2n) is 2.44. The molecule has 6 nitrogen and oxygen atoms in total. The van der Waals surface area contributed by atoms with Crippen molar-refractivity contribution in [2.24, 2.45) is 7.05 Å². The molecule has 0 unspecified atom stereocenters. The van der Waals surface area contributed by atoms with Crippen LogP contribution in [-0.2, 0) is 7.05 Å². The van der Waals surface area contributed by atoms with Crippen molar-refractivity contribution >= 4 is 17.1 Å². The minimum atomic E-state index is -0.213. The molecule has 2 aromatic heterocycles. The molecule has 0 aromatic carbocycles. The molecule has 0 amide bonds. The van der Waals surface area contributed by atoms with Crippen LogP contribution in [0.15, 0.2) is 11.1 Å². The maximum atomic E-state index is 11.4. The van der Waals surface area contributed by atoms with Gasteiger partial charge in [-0.3, -0.25) is 9.36 Å². The molecule has 0 bridgehead atoms. The Bertz CT molecular complexity index is 485. The zero-order valence-corrected chi connectivity index (χ0v) is 10.4. The van der Waals surface area contributed by atoms with E-state index in [1.807, 2.05) is 27.7 Å². The molecule has 2 aromatic rings. The van der Waals surface area contributed by atoms with Crippen molar-refractivity contribution in [1.29, 1.82) is 0 Å². The topological polar surface area (TPSA) is 89.6 Å². The second kappa shape index (κ2) is 6.60. The number of hydrogen-bond acceptors (Lipinski definition) is 4. The number of nitrogens with two attached hydrogens (primary N) is 1. The van der Waals surface area contributed by atoms with Crippen molar-refractivity contribution in [2.45, 2.75) is 27.7 Å². The van der Waals surface area contributed by atoms with Gasteiger partial charge in [0.1, 0.15) is 0 Å². The molecule has 0 spiro atoms. The van der Waals surface area contributed by atoms with Crippen LogP contribution in [0.2, 0.25) is 0 Å². The fraction of sp³-hybridized carbons (Fsp3) is 0.500. The van der Waals surface area contributed by atoms with Crippen LogP contribution in [0, 0.1) is 0 Å². The minimum Gasteiger partial charge on any atom is -0.369 e. The predicted octanol–water partition coefficient (Wildman–Crippen LogP) is 1.29. The molecule has 0 aliphatic heterocycles. The molecule has 0 saturated heterocycles. The maximum Gasteiger partial charge on any atom is 0.280 e. The van der Waals surface area contributed by atoms with Gasteiger partial charge in [0.2, 0.25) is 5.95 Å². The Hall–Kier alpha value is -1.85. The lowest BCUT2D eigenvalue weighted by Crippen LogP contribution is -2.21. The first-order valence-corrected chi connectivity index (χ1v) is 5.35. The van der Waals surface area contributed by atoms with Gasteiger partial charge in [-0.2, -0.15) is 4.98 Å². The van der Waals surface area contributed by atoms with Gasteiger partial charge in [-0.15, -0.1) is 0 Å². The average molecular weight is 225 g/mol. The molecule has 6 heteroatoms. The molecule has 0 atom stereocenters. The van der Waals surface area contributed by atoms with E-state index in [2.05, 4.69) is 15.0 Å². The standard InChI is InChI=1S/C6H7N5O.2C2H6/c1-11-5(12)3-4(9-2-8-3)10-6(11)7;2*1-2/h2H,1H3,(H2,7,10)(H,8,9);2*1-2H3. The highest BCUT2D eigenvalue weighted by Gasteiger charge is 2.06. The first-order chi connectivity index (χ1) is 7.70. The third kappa shape index (κ3) is 2.59. The number of H-pyrrole nitrogens is 1. The zero-order chi connectivity index (χ0) is 12.7. The fourth-order valence-corrected chi connectivity index (χ4v) is 0.984. The van der Waals surface area contributed by atoms with Crippen LogP contribution in [0.4, 0.5) is 5.95 Å². The van der Waals surface area contributed by atoms with Crippen molar-refractivity contribution in [3.05, 3.63) is 16.7 Å². The van der Waals surface area contributed by atoms with E-state index in [9.17, 15) is 4.79 Å². The minimum absolute atomic E-state index is 0.166. The van der Waals surface area contributed by atoms with Gasteiger partial charge in [0.15, 0.2) is 11.2 Å². The third-order valence-corrected chi connectivity index (χ3v) is 1.70. The Morgan fingerprint density at radius 3 is 2.44 bits per heavy atom. The highest BCUT2D eigenvalue weighted by Crippen LogP contribution is 2.01. The van der Waals surface area contributed by atoms with E-state index in [0.29, 0.717) is 11.2 Å². The zero-order valence-electron chi connectivity index (χ0n) is 10.4. The summed E-state index contributed by atoms with van der Waals surface area (Å²) in [6.07, 6.45) is 1.42. The molecule has 0 radical (unpaired) electrons. The Morgan fingerprint density at radius 1 is 1.31 bits per heavy atom. The first-order valence-electron chi connectivity index (χ1n) is 5.35. The molecule has 0 fully saturated rings. The van der Waals surface area contributed by atoms with Crippen molar-refractivity contribution in [3.8, 4) is 0 Å². The number of fused-ring (bicyclic) bond motifs is 1. The fourth-order valence-electron chi connectivity index (χ4n) is 0.984. The number of nitrogens with one attached hydrogen (secondary N) is 1. The number of hydrogen-bond donors (Lipinski definition) is 2.